The number of fused-ring (bicyclic) bond motifs is 10. The molecule has 2 unspecified atom stereocenters. The number of hydrogen-bond acceptors (Lipinski definition) is 0. The summed E-state index contributed by atoms with van der Waals surface area (Å²) in [5.41, 5.74) is 21.1. The average Bonchev–Trinajstić information content (AvgIpc) is 3.62. The molecule has 6 aromatic carbocycles. The smallest absolute Gasteiger partial charge is 0.0279 e. The van der Waals surface area contributed by atoms with E-state index in [0.717, 1.165) is 0 Å². The van der Waals surface area contributed by atoms with Crippen LogP contribution in [0.2, 0.25) is 0 Å². The van der Waals surface area contributed by atoms with E-state index in [4.69, 9.17) is 0 Å². The highest BCUT2D eigenvalue weighted by Gasteiger charge is 2.45. The summed E-state index contributed by atoms with van der Waals surface area (Å²) >= 11 is 0. The van der Waals surface area contributed by atoms with Gasteiger partial charge in [-0.15, -0.1) is 0 Å². The van der Waals surface area contributed by atoms with Crippen molar-refractivity contribution in [1.82, 2.24) is 0 Å². The first-order valence-electron chi connectivity index (χ1n) is 20.2. The Hall–Kier alpha value is -4.94. The molecule has 2 spiro atoms. The zero-order valence-electron chi connectivity index (χ0n) is 29.9. The Labute approximate surface area is 307 Å². The Kier molecular flexibility index (Phi) is 6.15. The Morgan fingerprint density at radius 1 is 0.385 bits per heavy atom. The van der Waals surface area contributed by atoms with E-state index in [2.05, 4.69) is 133 Å². The molecule has 0 aliphatic heterocycles. The lowest BCUT2D eigenvalue weighted by Gasteiger charge is -2.36. The van der Waals surface area contributed by atoms with E-state index < -0.39 is 0 Å². The van der Waals surface area contributed by atoms with E-state index in [1.807, 2.05) is 0 Å². The standard InChI is InChI=1S/C52H44/c1-7-27-51(28-8-1)45-13-5-3-11-39(45)41-23-19-35(31-47(41)51)37-21-17-33-15-16-34-18-22-38(44-26-25-43(37)49(33)50(34)44)36-20-24-42-40-12-4-6-14-46(40)52(48(42)32-36)29-9-2-10-30-52/h3-6,11-26,31-32,37-38H,1-2,7-10,27-30H2. The van der Waals surface area contributed by atoms with Crippen LogP contribution in [0, 0.1) is 0 Å². The zero-order chi connectivity index (χ0) is 34.0. The summed E-state index contributed by atoms with van der Waals surface area (Å²) in [5.74, 6) is 0.501. The molecule has 0 nitrogen and oxygen atoms in total. The van der Waals surface area contributed by atoms with Gasteiger partial charge in [0.25, 0.3) is 0 Å². The normalized spacial score (nSPS) is 22.0. The summed E-state index contributed by atoms with van der Waals surface area (Å²) in [6.07, 6.45) is 22.9. The lowest BCUT2D eigenvalue weighted by atomic mass is 9.67. The molecule has 52 heavy (non-hydrogen) atoms. The van der Waals surface area contributed by atoms with Gasteiger partial charge in [0, 0.05) is 22.7 Å². The van der Waals surface area contributed by atoms with Crippen LogP contribution in [-0.4, -0.2) is 0 Å². The highest BCUT2D eigenvalue weighted by molar-refractivity contribution is 6.04. The topological polar surface area (TPSA) is 0 Å². The van der Waals surface area contributed by atoms with Crippen LogP contribution in [0.5, 0.6) is 0 Å². The predicted molar refractivity (Wildman–Crippen MR) is 217 cm³/mol. The fourth-order valence-corrected chi connectivity index (χ4v) is 12.3. The molecule has 0 bridgehead atoms. The molecule has 2 atom stereocenters. The van der Waals surface area contributed by atoms with Gasteiger partial charge in [-0.2, -0.15) is 0 Å². The molecule has 0 radical (unpaired) electrons. The maximum atomic E-state index is 2.63. The van der Waals surface area contributed by atoms with Crippen molar-refractivity contribution >= 4 is 22.9 Å². The van der Waals surface area contributed by atoms with Crippen molar-refractivity contribution in [2.24, 2.45) is 0 Å². The van der Waals surface area contributed by atoms with E-state index in [9.17, 15) is 0 Å². The minimum absolute atomic E-state index is 0.176. The quantitative estimate of drug-likeness (QED) is 0.172. The minimum Gasteiger partial charge on any atom is -0.0720 e. The maximum absolute atomic E-state index is 2.63. The largest absolute Gasteiger partial charge is 0.0720 e. The molecule has 0 saturated heterocycles. The zero-order valence-corrected chi connectivity index (χ0v) is 29.9. The van der Waals surface area contributed by atoms with Crippen LogP contribution in [0.15, 0.2) is 121 Å². The van der Waals surface area contributed by atoms with E-state index >= 15 is 0 Å². The molecule has 0 aromatic heterocycles. The molecule has 2 fully saturated rings. The SMILES string of the molecule is C1=CC(c2ccc3c(c2)C2(CCCCC2)c2ccccc2-3)c2ccc3c4c(ccc1c24)C=CC3c1ccc2c(c1)C1(CCCCC1)c1ccccc1-2. The third-order valence-electron chi connectivity index (χ3n) is 14.6. The third-order valence-corrected chi connectivity index (χ3v) is 14.6. The molecule has 2 saturated carbocycles. The van der Waals surface area contributed by atoms with E-state index in [1.165, 1.54) is 131 Å². The molecule has 0 N–H and O–H groups in total. The Morgan fingerprint density at radius 2 is 0.808 bits per heavy atom. The molecular formula is C52H44. The van der Waals surface area contributed by atoms with Crippen molar-refractivity contribution in [1.29, 1.82) is 0 Å². The van der Waals surface area contributed by atoms with Crippen molar-refractivity contribution in [2.75, 3.05) is 0 Å². The summed E-state index contributed by atoms with van der Waals surface area (Å²) in [4.78, 5) is 0. The molecule has 6 aliphatic carbocycles. The first-order valence-corrected chi connectivity index (χ1v) is 20.2. The molecule has 252 valence electrons. The summed E-state index contributed by atoms with van der Waals surface area (Å²) in [6.45, 7) is 0. The highest BCUT2D eigenvalue weighted by Crippen LogP contribution is 2.58. The summed E-state index contributed by atoms with van der Waals surface area (Å²) < 4.78 is 0. The second kappa shape index (κ2) is 10.8. The predicted octanol–water partition coefficient (Wildman–Crippen LogP) is 13.6. The van der Waals surface area contributed by atoms with E-state index in [0.29, 0.717) is 0 Å². The fourth-order valence-electron chi connectivity index (χ4n) is 12.3. The van der Waals surface area contributed by atoms with Crippen molar-refractivity contribution in [3.05, 3.63) is 177 Å². The first kappa shape index (κ1) is 29.6. The van der Waals surface area contributed by atoms with Crippen molar-refractivity contribution in [3.63, 3.8) is 0 Å². The Bertz CT molecular complexity index is 2360. The number of hydrogen-bond donors (Lipinski definition) is 0. The summed E-state index contributed by atoms with van der Waals surface area (Å²) in [5, 5.41) is 2.93. The molecule has 6 aromatic rings. The van der Waals surface area contributed by atoms with E-state index in [-0.39, 0.29) is 22.7 Å². The molecule has 0 heterocycles. The van der Waals surface area contributed by atoms with Crippen LogP contribution in [0.3, 0.4) is 0 Å². The van der Waals surface area contributed by atoms with E-state index in [1.54, 1.807) is 22.3 Å². The second-order valence-electron chi connectivity index (χ2n) is 16.9. The average molecular weight is 669 g/mol. The van der Waals surface area contributed by atoms with Crippen molar-refractivity contribution < 1.29 is 0 Å². The molecule has 6 aliphatic rings. The third kappa shape index (κ3) is 3.83. The van der Waals surface area contributed by atoms with Crippen LogP contribution in [-0.2, 0) is 10.8 Å². The van der Waals surface area contributed by atoms with Crippen LogP contribution in [0.25, 0.3) is 45.2 Å². The van der Waals surface area contributed by atoms with Gasteiger partial charge in [-0.3, -0.25) is 0 Å². The number of rotatable bonds is 2. The molecule has 12 rings (SSSR count). The van der Waals surface area contributed by atoms with Gasteiger partial charge in [-0.05, 0) is 114 Å². The van der Waals surface area contributed by atoms with Gasteiger partial charge < -0.3 is 0 Å². The summed E-state index contributed by atoms with van der Waals surface area (Å²) in [7, 11) is 0. The van der Waals surface area contributed by atoms with Crippen LogP contribution in [0.4, 0.5) is 0 Å². The number of benzene rings is 6. The van der Waals surface area contributed by atoms with Gasteiger partial charge in [0.1, 0.15) is 0 Å². The van der Waals surface area contributed by atoms with Gasteiger partial charge in [-0.25, -0.2) is 0 Å². The van der Waals surface area contributed by atoms with Crippen molar-refractivity contribution in [3.8, 4) is 22.3 Å². The minimum atomic E-state index is 0.176. The lowest BCUT2D eigenvalue weighted by Crippen LogP contribution is -2.28. The fraction of sp³-hybridized carbons (Fsp3) is 0.269. The summed E-state index contributed by atoms with van der Waals surface area (Å²) in [6, 6.07) is 43.4. The highest BCUT2D eigenvalue weighted by atomic mass is 14.5. The molecule has 0 heteroatoms. The second-order valence-corrected chi connectivity index (χ2v) is 16.9. The van der Waals surface area contributed by atoms with Gasteiger partial charge in [0.2, 0.25) is 0 Å². The van der Waals surface area contributed by atoms with Gasteiger partial charge in [-0.1, -0.05) is 172 Å². The lowest BCUT2D eigenvalue weighted by molar-refractivity contribution is 0.352. The van der Waals surface area contributed by atoms with Gasteiger partial charge >= 0.3 is 0 Å². The van der Waals surface area contributed by atoms with Crippen LogP contribution < -0.4 is 0 Å². The Balaban J connectivity index is 0.980. The van der Waals surface area contributed by atoms with Gasteiger partial charge in [0.15, 0.2) is 0 Å². The maximum Gasteiger partial charge on any atom is 0.0279 e. The molecule has 0 amide bonds. The van der Waals surface area contributed by atoms with Crippen LogP contribution in [0.1, 0.15) is 132 Å². The molecular weight excluding hydrogens is 625 g/mol. The van der Waals surface area contributed by atoms with Crippen LogP contribution >= 0.6 is 0 Å². The van der Waals surface area contributed by atoms with Crippen molar-refractivity contribution in [2.45, 2.75) is 86.9 Å². The van der Waals surface area contributed by atoms with Gasteiger partial charge in [0.05, 0.1) is 0 Å². The monoisotopic (exact) mass is 668 g/mol. The first-order chi connectivity index (χ1) is 25.7. The Morgan fingerprint density at radius 3 is 1.27 bits per heavy atom. The number of allylic oxidation sites excluding steroid dienone is 2.